The minimum atomic E-state index is -2.67. The molecule has 0 aromatic heterocycles. The summed E-state index contributed by atoms with van der Waals surface area (Å²) in [7, 11) is 0. The molecule has 0 heterocycles. The van der Waals surface area contributed by atoms with E-state index in [1.165, 1.54) is 18.2 Å². The summed E-state index contributed by atoms with van der Waals surface area (Å²) in [5, 5.41) is 30.8. The predicted molar refractivity (Wildman–Crippen MR) is 109 cm³/mol. The van der Waals surface area contributed by atoms with Gasteiger partial charge in [-0.1, -0.05) is 17.7 Å². The molecule has 2 saturated carbocycles. The Morgan fingerprint density at radius 3 is 2.50 bits per heavy atom. The lowest BCUT2D eigenvalue weighted by Crippen LogP contribution is -2.68. The van der Waals surface area contributed by atoms with Gasteiger partial charge >= 0.3 is 0 Å². The Hall–Kier alpha value is -2.88. The first-order chi connectivity index (χ1) is 15.0. The molecule has 0 spiro atoms. The van der Waals surface area contributed by atoms with Gasteiger partial charge in [0.15, 0.2) is 34.7 Å². The zero-order valence-electron chi connectivity index (χ0n) is 16.7. The maximum Gasteiger partial charge on any atom is 0.235 e. The summed E-state index contributed by atoms with van der Waals surface area (Å²) in [6.07, 6.45) is 1.20. The highest BCUT2D eigenvalue weighted by Gasteiger charge is 2.66. The Morgan fingerprint density at radius 1 is 1.19 bits per heavy atom. The summed E-state index contributed by atoms with van der Waals surface area (Å²) in [5.41, 5.74) is 3.25. The van der Waals surface area contributed by atoms with Crippen molar-refractivity contribution in [3.63, 3.8) is 0 Å². The molecule has 9 nitrogen and oxygen atoms in total. The quantitative estimate of drug-likeness (QED) is 0.451. The largest absolute Gasteiger partial charge is 0.507 e. The van der Waals surface area contributed by atoms with Gasteiger partial charge in [-0.15, -0.1) is 0 Å². The first kappa shape index (κ1) is 22.3. The van der Waals surface area contributed by atoms with Crippen LogP contribution in [0.15, 0.2) is 17.2 Å². The van der Waals surface area contributed by atoms with Crippen LogP contribution in [0.3, 0.4) is 0 Å². The number of carbonyl (C=O) groups excluding carboxylic acids is 5. The van der Waals surface area contributed by atoms with Crippen molar-refractivity contribution in [1.82, 2.24) is 0 Å². The van der Waals surface area contributed by atoms with Gasteiger partial charge in [-0.2, -0.15) is 0 Å². The second-order valence-electron chi connectivity index (χ2n) is 8.52. The minimum Gasteiger partial charge on any atom is -0.507 e. The number of nitrogens with two attached hydrogens (primary N) is 1. The Bertz CT molecular complexity index is 1130. The third kappa shape index (κ3) is 3.03. The van der Waals surface area contributed by atoms with Crippen molar-refractivity contribution in [3.05, 3.63) is 33.9 Å². The highest BCUT2D eigenvalue weighted by atomic mass is 35.5. The van der Waals surface area contributed by atoms with E-state index in [0.29, 0.717) is 11.1 Å². The SMILES string of the molecule is NC(=O)C1C(=O)C[C@@H]2C[C@@H]3Cc4c(/C=C(\Cl)CO)ccc(O)c4C(=O)C3C(=O)[C@]2(O)C1=O. The fraction of sp³-hybridized carbons (Fsp3) is 0.409. The van der Waals surface area contributed by atoms with Crippen molar-refractivity contribution in [3.8, 4) is 5.75 Å². The van der Waals surface area contributed by atoms with Gasteiger partial charge in [0.25, 0.3) is 0 Å². The van der Waals surface area contributed by atoms with Gasteiger partial charge in [0.05, 0.1) is 18.1 Å². The van der Waals surface area contributed by atoms with Crippen molar-refractivity contribution in [2.45, 2.75) is 24.9 Å². The van der Waals surface area contributed by atoms with Crippen molar-refractivity contribution in [2.24, 2.45) is 29.4 Å². The van der Waals surface area contributed by atoms with Crippen LogP contribution >= 0.6 is 11.6 Å². The standard InChI is InChI=1S/C22H20ClNO8/c23-11(7-25)4-8-1-2-13(26)16-12(8)5-9-3-10-6-14(27)17(21(24)31)20(30)22(10,32)19(29)15(9)18(16)28/h1-2,4,9-10,15,17,25-26,32H,3,5-7H2,(H2,24,31)/b11-4-/t9-,10+,15?,17?,22+/m1/s1. The zero-order valence-corrected chi connectivity index (χ0v) is 17.5. The number of hydrogen-bond acceptors (Lipinski definition) is 8. The number of aliphatic hydroxyl groups excluding tert-OH is 1. The van der Waals surface area contributed by atoms with E-state index in [4.69, 9.17) is 17.3 Å². The van der Waals surface area contributed by atoms with Gasteiger partial charge in [-0.3, -0.25) is 24.0 Å². The molecule has 0 aliphatic heterocycles. The number of Topliss-reactive ketones (excluding diaryl/α,β-unsaturated/α-hetero) is 4. The van der Waals surface area contributed by atoms with Crippen LogP contribution in [0.2, 0.25) is 0 Å². The van der Waals surface area contributed by atoms with Crippen molar-refractivity contribution in [2.75, 3.05) is 6.61 Å². The molecular formula is C22H20ClNO8. The van der Waals surface area contributed by atoms with Gasteiger partial charge < -0.3 is 21.1 Å². The Morgan fingerprint density at radius 2 is 1.88 bits per heavy atom. The average molecular weight is 462 g/mol. The molecule has 4 rings (SSSR count). The van der Waals surface area contributed by atoms with E-state index < -0.39 is 71.3 Å². The number of primary amides is 1. The molecule has 0 bridgehead atoms. The molecule has 1 aromatic carbocycles. The summed E-state index contributed by atoms with van der Waals surface area (Å²) >= 11 is 5.92. The number of hydrogen-bond donors (Lipinski definition) is 4. The number of amides is 1. The summed E-state index contributed by atoms with van der Waals surface area (Å²) < 4.78 is 0. The Balaban J connectivity index is 1.82. The maximum absolute atomic E-state index is 13.3. The van der Waals surface area contributed by atoms with E-state index in [2.05, 4.69) is 0 Å². The fourth-order valence-corrected chi connectivity index (χ4v) is 5.46. The molecule has 1 aromatic rings. The van der Waals surface area contributed by atoms with E-state index in [9.17, 15) is 39.3 Å². The minimum absolute atomic E-state index is 0.00753. The predicted octanol–water partition coefficient (Wildman–Crippen LogP) is -0.101. The Labute approximate surface area is 186 Å². The van der Waals surface area contributed by atoms with Crippen LogP contribution in [0, 0.1) is 23.7 Å². The molecule has 3 aliphatic carbocycles. The maximum atomic E-state index is 13.3. The van der Waals surface area contributed by atoms with Crippen molar-refractivity contribution in [1.29, 1.82) is 0 Å². The number of benzene rings is 1. The molecular weight excluding hydrogens is 442 g/mol. The first-order valence-electron chi connectivity index (χ1n) is 10.0. The monoisotopic (exact) mass is 461 g/mol. The highest BCUT2D eigenvalue weighted by molar-refractivity contribution is 6.32. The van der Waals surface area contributed by atoms with Crippen LogP contribution in [0.4, 0.5) is 0 Å². The molecule has 5 N–H and O–H groups in total. The second-order valence-corrected chi connectivity index (χ2v) is 9.00. The molecule has 2 unspecified atom stereocenters. The molecule has 3 aliphatic rings. The number of fused-ring (bicyclic) bond motifs is 3. The van der Waals surface area contributed by atoms with Crippen LogP contribution in [0.25, 0.3) is 6.08 Å². The lowest BCUT2D eigenvalue weighted by Gasteiger charge is -2.48. The normalized spacial score (nSPS) is 32.3. The number of phenols is 1. The first-order valence-corrected chi connectivity index (χ1v) is 10.4. The summed E-state index contributed by atoms with van der Waals surface area (Å²) in [6, 6.07) is 2.77. The molecule has 2 fully saturated rings. The highest BCUT2D eigenvalue weighted by Crippen LogP contribution is 2.50. The zero-order chi connectivity index (χ0) is 23.5. The van der Waals surface area contributed by atoms with Crippen molar-refractivity contribution >= 4 is 46.7 Å². The number of rotatable bonds is 3. The molecule has 32 heavy (non-hydrogen) atoms. The van der Waals surface area contributed by atoms with Crippen LogP contribution < -0.4 is 5.73 Å². The van der Waals surface area contributed by atoms with Crippen LogP contribution in [-0.4, -0.2) is 56.6 Å². The topological polar surface area (TPSA) is 172 Å². The van der Waals surface area contributed by atoms with E-state index in [0.717, 1.165) is 0 Å². The van der Waals surface area contributed by atoms with Crippen LogP contribution in [0.5, 0.6) is 5.75 Å². The third-order valence-electron chi connectivity index (χ3n) is 6.79. The van der Waals surface area contributed by atoms with Crippen LogP contribution in [-0.2, 0) is 25.6 Å². The van der Waals surface area contributed by atoms with Crippen molar-refractivity contribution < 1.29 is 39.3 Å². The van der Waals surface area contributed by atoms with E-state index in [-0.39, 0.29) is 29.2 Å². The average Bonchev–Trinajstić information content (AvgIpc) is 2.72. The third-order valence-corrected chi connectivity index (χ3v) is 7.01. The number of aliphatic hydroxyl groups is 2. The number of carbonyl (C=O) groups is 5. The number of aromatic hydroxyl groups is 1. The van der Waals surface area contributed by atoms with E-state index in [1.54, 1.807) is 0 Å². The number of halogens is 1. The fourth-order valence-electron chi connectivity index (χ4n) is 5.34. The molecule has 10 heteroatoms. The van der Waals surface area contributed by atoms with Gasteiger partial charge in [0, 0.05) is 17.4 Å². The summed E-state index contributed by atoms with van der Waals surface area (Å²) in [4.78, 5) is 63.5. The van der Waals surface area contributed by atoms with Gasteiger partial charge in [0.2, 0.25) is 5.91 Å². The molecule has 5 atom stereocenters. The van der Waals surface area contributed by atoms with Crippen LogP contribution in [0.1, 0.15) is 34.3 Å². The number of phenolic OH excluding ortho intramolecular Hbond substituents is 1. The lowest BCUT2D eigenvalue weighted by atomic mass is 9.53. The van der Waals surface area contributed by atoms with E-state index >= 15 is 0 Å². The lowest BCUT2D eigenvalue weighted by molar-refractivity contribution is -0.175. The molecule has 168 valence electrons. The second kappa shape index (κ2) is 7.61. The smallest absolute Gasteiger partial charge is 0.235 e. The summed E-state index contributed by atoms with van der Waals surface area (Å²) in [5.74, 6) is -10.6. The summed E-state index contributed by atoms with van der Waals surface area (Å²) in [6.45, 7) is -0.434. The number of ketones is 4. The van der Waals surface area contributed by atoms with E-state index in [1.807, 2.05) is 0 Å². The van der Waals surface area contributed by atoms with Gasteiger partial charge in [-0.25, -0.2) is 0 Å². The molecule has 0 saturated heterocycles. The molecule has 0 radical (unpaired) electrons. The van der Waals surface area contributed by atoms with Gasteiger partial charge in [0.1, 0.15) is 5.75 Å². The molecule has 1 amide bonds. The Kier molecular flexibility index (Phi) is 5.31. The van der Waals surface area contributed by atoms with Gasteiger partial charge in [-0.05, 0) is 42.0 Å².